The fourth-order valence-corrected chi connectivity index (χ4v) is 1.85. The van der Waals surface area contributed by atoms with Gasteiger partial charge in [-0.05, 0) is 38.0 Å². The number of benzene rings is 1. The largest absolute Gasteiger partial charge is 0.478 e. The summed E-state index contributed by atoms with van der Waals surface area (Å²) in [5.41, 5.74) is 1.16. The van der Waals surface area contributed by atoms with Crippen molar-refractivity contribution in [1.29, 1.82) is 0 Å². The molecule has 1 aromatic carbocycles. The number of aromatic carboxylic acids is 1. The minimum Gasteiger partial charge on any atom is -0.478 e. The topological polar surface area (TPSA) is 66.8 Å². The molecule has 0 aromatic heterocycles. The predicted octanol–water partition coefficient (Wildman–Crippen LogP) is 2.55. The van der Waals surface area contributed by atoms with Gasteiger partial charge in [-0.2, -0.15) is 0 Å². The lowest BCUT2D eigenvalue weighted by Gasteiger charge is -2.17. The molecule has 5 nitrogen and oxygen atoms in total. The molecule has 0 unspecified atom stereocenters. The van der Waals surface area contributed by atoms with Crippen molar-refractivity contribution in [2.45, 2.75) is 39.3 Å². The predicted molar refractivity (Wildman–Crippen MR) is 80.2 cm³/mol. The number of rotatable bonds is 8. The quantitative estimate of drug-likeness (QED) is 0.748. The summed E-state index contributed by atoms with van der Waals surface area (Å²) in [7, 11) is 1.75. The van der Waals surface area contributed by atoms with Gasteiger partial charge in [-0.1, -0.05) is 12.1 Å². The van der Waals surface area contributed by atoms with E-state index in [9.17, 15) is 9.59 Å². The van der Waals surface area contributed by atoms with Crippen molar-refractivity contribution in [1.82, 2.24) is 4.90 Å². The van der Waals surface area contributed by atoms with Gasteiger partial charge in [0.2, 0.25) is 5.91 Å². The fraction of sp³-hybridized carbons (Fsp3) is 0.500. The third-order valence-electron chi connectivity index (χ3n) is 3.03. The summed E-state index contributed by atoms with van der Waals surface area (Å²) < 4.78 is 5.40. The van der Waals surface area contributed by atoms with E-state index in [0.29, 0.717) is 26.0 Å². The van der Waals surface area contributed by atoms with E-state index in [1.54, 1.807) is 36.2 Å². The molecule has 0 aliphatic carbocycles. The van der Waals surface area contributed by atoms with Crippen LogP contribution in [-0.2, 0) is 16.1 Å². The van der Waals surface area contributed by atoms with E-state index in [1.807, 2.05) is 13.8 Å². The molecule has 0 radical (unpaired) electrons. The Bertz CT molecular complexity index is 468. The Hall–Kier alpha value is -1.88. The minimum absolute atomic E-state index is 0.0599. The monoisotopic (exact) mass is 293 g/mol. The number of hydrogen-bond acceptors (Lipinski definition) is 3. The molecule has 1 amide bonds. The van der Waals surface area contributed by atoms with Crippen LogP contribution in [0.1, 0.15) is 42.6 Å². The molecule has 1 aromatic rings. The molecule has 5 heteroatoms. The van der Waals surface area contributed by atoms with Gasteiger partial charge in [-0.15, -0.1) is 0 Å². The van der Waals surface area contributed by atoms with Crippen molar-refractivity contribution in [3.05, 3.63) is 35.4 Å². The van der Waals surface area contributed by atoms with Crippen LogP contribution in [0.15, 0.2) is 24.3 Å². The van der Waals surface area contributed by atoms with Crippen LogP contribution in [0.4, 0.5) is 0 Å². The van der Waals surface area contributed by atoms with Crippen LogP contribution in [-0.4, -0.2) is 41.6 Å². The highest BCUT2D eigenvalue weighted by atomic mass is 16.5. The highest BCUT2D eigenvalue weighted by molar-refractivity contribution is 5.87. The van der Waals surface area contributed by atoms with E-state index in [-0.39, 0.29) is 17.6 Å². The van der Waals surface area contributed by atoms with Crippen molar-refractivity contribution in [2.24, 2.45) is 0 Å². The van der Waals surface area contributed by atoms with Crippen molar-refractivity contribution < 1.29 is 19.4 Å². The SMILES string of the molecule is CC(C)OCCCC(=O)N(C)Cc1ccc(C(=O)O)cc1. The molecular weight excluding hydrogens is 270 g/mol. The Morgan fingerprint density at radius 1 is 1.24 bits per heavy atom. The number of ether oxygens (including phenoxy) is 1. The molecule has 21 heavy (non-hydrogen) atoms. The van der Waals surface area contributed by atoms with Gasteiger partial charge in [-0.25, -0.2) is 4.79 Å². The second kappa shape index (κ2) is 8.42. The summed E-state index contributed by atoms with van der Waals surface area (Å²) >= 11 is 0. The highest BCUT2D eigenvalue weighted by Crippen LogP contribution is 2.08. The third kappa shape index (κ3) is 6.40. The summed E-state index contributed by atoms with van der Waals surface area (Å²) in [5.74, 6) is -0.888. The Labute approximate surface area is 125 Å². The maximum absolute atomic E-state index is 11.9. The van der Waals surface area contributed by atoms with Crippen molar-refractivity contribution in [3.63, 3.8) is 0 Å². The van der Waals surface area contributed by atoms with E-state index in [1.165, 1.54) is 0 Å². The molecule has 0 saturated carbocycles. The van der Waals surface area contributed by atoms with E-state index in [4.69, 9.17) is 9.84 Å². The molecule has 1 rings (SSSR count). The first kappa shape index (κ1) is 17.2. The van der Waals surface area contributed by atoms with Gasteiger partial charge < -0.3 is 14.7 Å². The van der Waals surface area contributed by atoms with Gasteiger partial charge in [0.15, 0.2) is 0 Å². The molecule has 0 saturated heterocycles. The molecule has 1 N–H and O–H groups in total. The summed E-state index contributed by atoms with van der Waals surface area (Å²) in [5, 5.41) is 8.83. The lowest BCUT2D eigenvalue weighted by Crippen LogP contribution is -2.26. The Kier molecular flexibility index (Phi) is 6.88. The standard InChI is InChI=1S/C16H23NO4/c1-12(2)21-10-4-5-15(18)17(3)11-13-6-8-14(9-7-13)16(19)20/h6-9,12H,4-5,10-11H2,1-3H3,(H,19,20). The van der Waals surface area contributed by atoms with Gasteiger partial charge in [0.05, 0.1) is 11.7 Å². The van der Waals surface area contributed by atoms with Crippen molar-refractivity contribution >= 4 is 11.9 Å². The summed E-state index contributed by atoms with van der Waals surface area (Å²) in [6.07, 6.45) is 1.35. The first-order valence-electron chi connectivity index (χ1n) is 7.08. The molecule has 0 fully saturated rings. The van der Waals surface area contributed by atoms with E-state index >= 15 is 0 Å². The zero-order chi connectivity index (χ0) is 15.8. The first-order chi connectivity index (χ1) is 9.90. The van der Waals surface area contributed by atoms with Crippen LogP contribution in [0, 0.1) is 0 Å². The second-order valence-corrected chi connectivity index (χ2v) is 5.27. The van der Waals surface area contributed by atoms with Crippen LogP contribution < -0.4 is 0 Å². The minimum atomic E-state index is -0.948. The Balaban J connectivity index is 2.39. The summed E-state index contributed by atoms with van der Waals surface area (Å²) in [4.78, 5) is 24.3. The van der Waals surface area contributed by atoms with Crippen LogP contribution in [0.25, 0.3) is 0 Å². The van der Waals surface area contributed by atoms with Gasteiger partial charge >= 0.3 is 5.97 Å². The summed E-state index contributed by atoms with van der Waals surface area (Å²) in [6, 6.07) is 6.56. The third-order valence-corrected chi connectivity index (χ3v) is 3.03. The van der Waals surface area contributed by atoms with E-state index in [2.05, 4.69) is 0 Å². The zero-order valence-corrected chi connectivity index (χ0v) is 12.8. The molecule has 116 valence electrons. The maximum Gasteiger partial charge on any atom is 0.335 e. The number of carboxylic acid groups (broad SMARTS) is 1. The Morgan fingerprint density at radius 3 is 2.38 bits per heavy atom. The lowest BCUT2D eigenvalue weighted by atomic mass is 10.1. The fourth-order valence-electron chi connectivity index (χ4n) is 1.85. The molecule has 0 aliphatic heterocycles. The maximum atomic E-state index is 11.9. The Morgan fingerprint density at radius 2 is 1.86 bits per heavy atom. The van der Waals surface area contributed by atoms with Crippen LogP contribution in [0.2, 0.25) is 0 Å². The van der Waals surface area contributed by atoms with Crippen LogP contribution in [0.3, 0.4) is 0 Å². The number of carbonyl (C=O) groups is 2. The second-order valence-electron chi connectivity index (χ2n) is 5.27. The number of nitrogens with zero attached hydrogens (tertiary/aromatic N) is 1. The van der Waals surface area contributed by atoms with Crippen LogP contribution in [0.5, 0.6) is 0 Å². The van der Waals surface area contributed by atoms with Gasteiger partial charge in [-0.3, -0.25) is 4.79 Å². The number of carbonyl (C=O) groups excluding carboxylic acids is 1. The van der Waals surface area contributed by atoms with E-state index in [0.717, 1.165) is 5.56 Å². The van der Waals surface area contributed by atoms with Gasteiger partial charge in [0.1, 0.15) is 0 Å². The summed E-state index contributed by atoms with van der Waals surface area (Å²) in [6.45, 7) is 5.00. The molecule has 0 heterocycles. The van der Waals surface area contributed by atoms with Gasteiger partial charge in [0, 0.05) is 26.6 Å². The normalized spacial score (nSPS) is 10.7. The highest BCUT2D eigenvalue weighted by Gasteiger charge is 2.10. The molecule has 0 atom stereocenters. The zero-order valence-electron chi connectivity index (χ0n) is 12.8. The van der Waals surface area contributed by atoms with Crippen molar-refractivity contribution in [3.8, 4) is 0 Å². The molecule has 0 aliphatic rings. The lowest BCUT2D eigenvalue weighted by molar-refractivity contribution is -0.130. The van der Waals surface area contributed by atoms with Crippen molar-refractivity contribution in [2.75, 3.05) is 13.7 Å². The molecular formula is C16H23NO4. The first-order valence-corrected chi connectivity index (χ1v) is 7.08. The van der Waals surface area contributed by atoms with E-state index < -0.39 is 5.97 Å². The average Bonchev–Trinajstić information content (AvgIpc) is 2.43. The molecule has 0 spiro atoms. The number of hydrogen-bond donors (Lipinski definition) is 1. The smallest absolute Gasteiger partial charge is 0.335 e. The molecule has 0 bridgehead atoms. The average molecular weight is 293 g/mol. The number of amides is 1. The van der Waals surface area contributed by atoms with Crippen LogP contribution >= 0.6 is 0 Å². The van der Waals surface area contributed by atoms with Gasteiger partial charge in [0.25, 0.3) is 0 Å². The number of carboxylic acids is 1.